The highest BCUT2D eigenvalue weighted by Crippen LogP contribution is 2.17. The minimum Gasteiger partial charge on any atom is -0.492 e. The zero-order valence-corrected chi connectivity index (χ0v) is 13.5. The van der Waals surface area contributed by atoms with Crippen LogP contribution in [-0.2, 0) is 4.79 Å². The first-order chi connectivity index (χ1) is 11.1. The first-order valence-corrected chi connectivity index (χ1v) is 7.51. The summed E-state index contributed by atoms with van der Waals surface area (Å²) < 4.78 is 10.9. The average molecular weight is 314 g/mol. The number of ether oxygens (including phenoxy) is 2. The predicted octanol–water partition coefficient (Wildman–Crippen LogP) is 2.66. The van der Waals surface area contributed by atoms with Crippen LogP contribution in [0.2, 0.25) is 0 Å². The Bertz CT molecular complexity index is 654. The number of nitrogens with two attached hydrogens (primary N) is 1. The van der Waals surface area contributed by atoms with Gasteiger partial charge in [-0.25, -0.2) is 0 Å². The molecule has 0 aliphatic carbocycles. The van der Waals surface area contributed by atoms with Crippen molar-refractivity contribution in [2.45, 2.75) is 13.8 Å². The Balaban J connectivity index is 1.83. The van der Waals surface area contributed by atoms with Gasteiger partial charge in [0.15, 0.2) is 6.61 Å². The summed E-state index contributed by atoms with van der Waals surface area (Å²) in [5, 5.41) is 2.78. The third-order valence-corrected chi connectivity index (χ3v) is 3.37. The fraction of sp³-hybridized carbons (Fsp3) is 0.278. The highest BCUT2D eigenvalue weighted by atomic mass is 16.5. The summed E-state index contributed by atoms with van der Waals surface area (Å²) in [6, 6.07) is 12.9. The maximum atomic E-state index is 11.9. The van der Waals surface area contributed by atoms with Crippen LogP contribution in [0.5, 0.6) is 11.5 Å². The summed E-state index contributed by atoms with van der Waals surface area (Å²) in [5.41, 5.74) is 8.40. The molecule has 1 amide bonds. The van der Waals surface area contributed by atoms with E-state index >= 15 is 0 Å². The van der Waals surface area contributed by atoms with Crippen LogP contribution in [0.1, 0.15) is 11.1 Å². The lowest BCUT2D eigenvalue weighted by molar-refractivity contribution is -0.118. The number of aryl methyl sites for hydroxylation is 2. The number of rotatable bonds is 7. The molecule has 2 rings (SSSR count). The highest BCUT2D eigenvalue weighted by molar-refractivity contribution is 5.91. The number of benzene rings is 2. The topological polar surface area (TPSA) is 73.6 Å². The molecule has 0 aliphatic rings. The summed E-state index contributed by atoms with van der Waals surface area (Å²) in [6.45, 7) is 4.95. The van der Waals surface area contributed by atoms with E-state index in [4.69, 9.17) is 15.2 Å². The molecule has 0 saturated carbocycles. The van der Waals surface area contributed by atoms with Gasteiger partial charge < -0.3 is 20.5 Å². The molecule has 0 unspecified atom stereocenters. The van der Waals surface area contributed by atoms with E-state index in [2.05, 4.69) is 5.32 Å². The van der Waals surface area contributed by atoms with E-state index < -0.39 is 0 Å². The molecule has 122 valence electrons. The molecular formula is C18H22N2O3. The molecule has 0 atom stereocenters. The molecule has 0 spiro atoms. The molecule has 0 heterocycles. The third-order valence-electron chi connectivity index (χ3n) is 3.37. The Kier molecular flexibility index (Phi) is 6.00. The SMILES string of the molecule is Cc1ccc(OCC(=O)Nc2ccc(OCCN)cc2)cc1C. The molecular weight excluding hydrogens is 292 g/mol. The minimum atomic E-state index is -0.209. The Morgan fingerprint density at radius 1 is 1.00 bits per heavy atom. The van der Waals surface area contributed by atoms with E-state index in [0.717, 1.165) is 11.3 Å². The van der Waals surface area contributed by atoms with Crippen molar-refractivity contribution in [2.24, 2.45) is 5.73 Å². The van der Waals surface area contributed by atoms with Gasteiger partial charge in [-0.15, -0.1) is 0 Å². The third kappa shape index (κ3) is 5.30. The molecule has 0 aliphatic heterocycles. The summed E-state index contributed by atoms with van der Waals surface area (Å²) >= 11 is 0. The first kappa shape index (κ1) is 16.8. The Morgan fingerprint density at radius 2 is 1.70 bits per heavy atom. The summed E-state index contributed by atoms with van der Waals surface area (Å²) in [5.74, 6) is 1.20. The fourth-order valence-corrected chi connectivity index (χ4v) is 1.96. The van der Waals surface area contributed by atoms with Crippen molar-refractivity contribution in [3.63, 3.8) is 0 Å². The molecule has 2 aromatic carbocycles. The maximum Gasteiger partial charge on any atom is 0.262 e. The molecule has 0 bridgehead atoms. The van der Waals surface area contributed by atoms with Crippen LogP contribution in [0.15, 0.2) is 42.5 Å². The van der Waals surface area contributed by atoms with Crippen LogP contribution in [0, 0.1) is 13.8 Å². The van der Waals surface area contributed by atoms with Gasteiger partial charge in [0.2, 0.25) is 0 Å². The van der Waals surface area contributed by atoms with Crippen molar-refractivity contribution in [2.75, 3.05) is 25.1 Å². The van der Waals surface area contributed by atoms with Crippen LogP contribution in [0.4, 0.5) is 5.69 Å². The molecule has 5 nitrogen and oxygen atoms in total. The normalized spacial score (nSPS) is 10.2. The average Bonchev–Trinajstić information content (AvgIpc) is 2.55. The van der Waals surface area contributed by atoms with E-state index in [0.29, 0.717) is 24.6 Å². The molecule has 23 heavy (non-hydrogen) atoms. The monoisotopic (exact) mass is 314 g/mol. The lowest BCUT2D eigenvalue weighted by Crippen LogP contribution is -2.20. The van der Waals surface area contributed by atoms with E-state index in [1.54, 1.807) is 24.3 Å². The zero-order chi connectivity index (χ0) is 16.7. The molecule has 0 saturated heterocycles. The first-order valence-electron chi connectivity index (χ1n) is 7.51. The van der Waals surface area contributed by atoms with E-state index in [1.165, 1.54) is 5.56 Å². The number of carbonyl (C=O) groups is 1. The van der Waals surface area contributed by atoms with Crippen molar-refractivity contribution in [3.05, 3.63) is 53.6 Å². The van der Waals surface area contributed by atoms with Crippen molar-refractivity contribution in [3.8, 4) is 11.5 Å². The Morgan fingerprint density at radius 3 is 2.35 bits per heavy atom. The predicted molar refractivity (Wildman–Crippen MR) is 91.0 cm³/mol. The lowest BCUT2D eigenvalue weighted by Gasteiger charge is -2.10. The van der Waals surface area contributed by atoms with Crippen LogP contribution in [0.3, 0.4) is 0 Å². The largest absolute Gasteiger partial charge is 0.492 e. The molecule has 0 radical (unpaired) electrons. The van der Waals surface area contributed by atoms with Crippen molar-refractivity contribution < 1.29 is 14.3 Å². The number of carbonyl (C=O) groups excluding carboxylic acids is 1. The van der Waals surface area contributed by atoms with Crippen LogP contribution in [-0.4, -0.2) is 25.7 Å². The Labute approximate surface area is 136 Å². The molecule has 5 heteroatoms. The van der Waals surface area contributed by atoms with Crippen molar-refractivity contribution in [1.29, 1.82) is 0 Å². The standard InChI is InChI=1S/C18H22N2O3/c1-13-3-6-17(11-14(13)2)23-12-18(21)20-15-4-7-16(8-5-15)22-10-9-19/h3-8,11H,9-10,12,19H2,1-2H3,(H,20,21). The molecule has 0 fully saturated rings. The number of amides is 1. The van der Waals surface area contributed by atoms with Crippen molar-refractivity contribution in [1.82, 2.24) is 0 Å². The van der Waals surface area contributed by atoms with Gasteiger partial charge in [-0.3, -0.25) is 4.79 Å². The molecule has 2 aromatic rings. The van der Waals surface area contributed by atoms with Crippen LogP contribution < -0.4 is 20.5 Å². The second-order valence-electron chi connectivity index (χ2n) is 5.24. The van der Waals surface area contributed by atoms with Gasteiger partial charge in [0.1, 0.15) is 18.1 Å². The number of anilines is 1. The van der Waals surface area contributed by atoms with Crippen LogP contribution >= 0.6 is 0 Å². The van der Waals surface area contributed by atoms with Gasteiger partial charge in [0.05, 0.1) is 0 Å². The van der Waals surface area contributed by atoms with Gasteiger partial charge in [-0.1, -0.05) is 6.07 Å². The van der Waals surface area contributed by atoms with E-state index in [1.807, 2.05) is 32.0 Å². The fourth-order valence-electron chi connectivity index (χ4n) is 1.96. The second-order valence-corrected chi connectivity index (χ2v) is 5.24. The number of hydrogen-bond acceptors (Lipinski definition) is 4. The van der Waals surface area contributed by atoms with Gasteiger partial charge in [-0.05, 0) is 61.4 Å². The quantitative estimate of drug-likeness (QED) is 0.824. The Hall–Kier alpha value is -2.53. The summed E-state index contributed by atoms with van der Waals surface area (Å²) in [6.07, 6.45) is 0. The minimum absolute atomic E-state index is 0.0338. The molecule has 3 N–H and O–H groups in total. The van der Waals surface area contributed by atoms with Crippen molar-refractivity contribution >= 4 is 11.6 Å². The summed E-state index contributed by atoms with van der Waals surface area (Å²) in [4.78, 5) is 11.9. The number of hydrogen-bond donors (Lipinski definition) is 2. The second kappa shape index (κ2) is 8.19. The van der Waals surface area contributed by atoms with Gasteiger partial charge in [0.25, 0.3) is 5.91 Å². The lowest BCUT2D eigenvalue weighted by atomic mass is 10.1. The van der Waals surface area contributed by atoms with Gasteiger partial charge in [-0.2, -0.15) is 0 Å². The van der Waals surface area contributed by atoms with E-state index in [9.17, 15) is 4.79 Å². The maximum absolute atomic E-state index is 11.9. The highest BCUT2D eigenvalue weighted by Gasteiger charge is 2.05. The van der Waals surface area contributed by atoms with Gasteiger partial charge in [0, 0.05) is 12.2 Å². The number of nitrogens with one attached hydrogen (secondary N) is 1. The van der Waals surface area contributed by atoms with Crippen LogP contribution in [0.25, 0.3) is 0 Å². The smallest absolute Gasteiger partial charge is 0.262 e. The zero-order valence-electron chi connectivity index (χ0n) is 13.5. The summed E-state index contributed by atoms with van der Waals surface area (Å²) in [7, 11) is 0. The van der Waals surface area contributed by atoms with E-state index in [-0.39, 0.29) is 12.5 Å². The molecule has 0 aromatic heterocycles. The van der Waals surface area contributed by atoms with Gasteiger partial charge >= 0.3 is 0 Å².